The van der Waals surface area contributed by atoms with E-state index in [1.54, 1.807) is 0 Å². The Kier molecular flexibility index (Phi) is 5.78. The Morgan fingerprint density at radius 3 is 2.24 bits per heavy atom. The molecule has 94 valence electrons. The van der Waals surface area contributed by atoms with Gasteiger partial charge in [0.2, 0.25) is 0 Å². The summed E-state index contributed by atoms with van der Waals surface area (Å²) in [4.78, 5) is 0. The van der Waals surface area contributed by atoms with Crippen LogP contribution < -0.4 is 0 Å². The second-order valence-electron chi connectivity index (χ2n) is 4.16. The second-order valence-corrected chi connectivity index (χ2v) is 6.39. The first-order valence-corrected chi connectivity index (χ1v) is 7.33. The third kappa shape index (κ3) is 3.61. The van der Waals surface area contributed by atoms with Crippen molar-refractivity contribution in [3.63, 3.8) is 0 Å². The fraction of sp³-hybridized carbons (Fsp3) is 0.429. The van der Waals surface area contributed by atoms with Crippen molar-refractivity contribution in [2.24, 2.45) is 0 Å². The summed E-state index contributed by atoms with van der Waals surface area (Å²) in [7, 11) is 0. The number of allylic oxidation sites excluding steroid dienone is 4. The standard InChI is InChI=1S/C14H18Cl2S/c1-5-7-10(9(3)4)8-12-11(6-2)13(15)17-14(12)16/h5,7H,6,8H2,1-4H3. The molecule has 1 aromatic heterocycles. The van der Waals surface area contributed by atoms with Gasteiger partial charge in [-0.3, -0.25) is 0 Å². The van der Waals surface area contributed by atoms with Gasteiger partial charge >= 0.3 is 0 Å². The van der Waals surface area contributed by atoms with Crippen LogP contribution in [0.5, 0.6) is 0 Å². The summed E-state index contributed by atoms with van der Waals surface area (Å²) in [6.07, 6.45) is 6.02. The molecule has 3 heteroatoms. The van der Waals surface area contributed by atoms with Gasteiger partial charge in [0.05, 0.1) is 8.67 Å². The van der Waals surface area contributed by atoms with E-state index in [4.69, 9.17) is 23.2 Å². The quantitative estimate of drug-likeness (QED) is 0.590. The lowest BCUT2D eigenvalue weighted by Gasteiger charge is -2.07. The lowest BCUT2D eigenvalue weighted by atomic mass is 9.99. The van der Waals surface area contributed by atoms with E-state index in [1.807, 2.05) is 6.92 Å². The molecule has 0 N–H and O–H groups in total. The van der Waals surface area contributed by atoms with Crippen LogP contribution in [0.4, 0.5) is 0 Å². The minimum absolute atomic E-state index is 0.829. The molecule has 0 bridgehead atoms. The van der Waals surface area contributed by atoms with Crippen LogP contribution in [0.2, 0.25) is 8.67 Å². The topological polar surface area (TPSA) is 0 Å². The fourth-order valence-electron chi connectivity index (χ4n) is 1.76. The summed E-state index contributed by atoms with van der Waals surface area (Å²) >= 11 is 13.9. The molecule has 0 saturated carbocycles. The monoisotopic (exact) mass is 288 g/mol. The smallest absolute Gasteiger partial charge is 0.0982 e. The van der Waals surface area contributed by atoms with E-state index in [9.17, 15) is 0 Å². The first-order valence-electron chi connectivity index (χ1n) is 5.75. The zero-order valence-electron chi connectivity index (χ0n) is 10.7. The van der Waals surface area contributed by atoms with Crippen LogP contribution in [0.15, 0.2) is 23.3 Å². The number of hydrogen-bond acceptors (Lipinski definition) is 1. The van der Waals surface area contributed by atoms with Crippen LogP contribution in [-0.4, -0.2) is 0 Å². The summed E-state index contributed by atoms with van der Waals surface area (Å²) in [6.45, 7) is 8.41. The average molecular weight is 289 g/mol. The van der Waals surface area contributed by atoms with Crippen molar-refractivity contribution in [3.05, 3.63) is 43.1 Å². The third-order valence-corrected chi connectivity index (χ3v) is 4.52. The van der Waals surface area contributed by atoms with Crippen molar-refractivity contribution >= 4 is 34.5 Å². The molecule has 1 heterocycles. The molecular weight excluding hydrogens is 271 g/mol. The largest absolute Gasteiger partial charge is 0.111 e. The van der Waals surface area contributed by atoms with Gasteiger partial charge in [-0.1, -0.05) is 47.9 Å². The predicted octanol–water partition coefficient (Wildman–Crippen LogP) is 6.07. The Morgan fingerprint density at radius 1 is 1.18 bits per heavy atom. The van der Waals surface area contributed by atoms with E-state index < -0.39 is 0 Å². The minimum Gasteiger partial charge on any atom is -0.111 e. The lowest BCUT2D eigenvalue weighted by molar-refractivity contribution is 1.06. The normalized spacial score (nSPS) is 11.2. The summed E-state index contributed by atoms with van der Waals surface area (Å²) in [5.41, 5.74) is 5.03. The Balaban J connectivity index is 3.14. The van der Waals surface area contributed by atoms with E-state index in [0.717, 1.165) is 21.5 Å². The van der Waals surface area contributed by atoms with Gasteiger partial charge in [0.25, 0.3) is 0 Å². The van der Waals surface area contributed by atoms with Gasteiger partial charge in [-0.2, -0.15) is 0 Å². The van der Waals surface area contributed by atoms with E-state index in [0.29, 0.717) is 0 Å². The summed E-state index contributed by atoms with van der Waals surface area (Å²) < 4.78 is 1.66. The molecule has 0 aliphatic rings. The Hall–Kier alpha value is -0.240. The van der Waals surface area contributed by atoms with Gasteiger partial charge in [0, 0.05) is 6.42 Å². The first-order chi connectivity index (χ1) is 8.01. The maximum atomic E-state index is 6.27. The minimum atomic E-state index is 0.829. The molecule has 1 rings (SSSR count). The summed E-state index contributed by atoms with van der Waals surface area (Å²) in [6, 6.07) is 0. The third-order valence-electron chi connectivity index (χ3n) is 2.75. The summed E-state index contributed by atoms with van der Waals surface area (Å²) in [5, 5.41) is 0. The molecule has 0 saturated heterocycles. The molecule has 0 aliphatic carbocycles. The van der Waals surface area contributed by atoms with Gasteiger partial charge in [0.1, 0.15) is 0 Å². The number of rotatable bonds is 4. The molecule has 0 nitrogen and oxygen atoms in total. The van der Waals surface area contributed by atoms with Gasteiger partial charge in [-0.15, -0.1) is 11.3 Å². The second kappa shape index (κ2) is 6.63. The fourth-order valence-corrected chi connectivity index (χ4v) is 3.64. The van der Waals surface area contributed by atoms with Crippen molar-refractivity contribution in [1.29, 1.82) is 0 Å². The van der Waals surface area contributed by atoms with Gasteiger partial charge < -0.3 is 0 Å². The molecule has 0 spiro atoms. The van der Waals surface area contributed by atoms with Gasteiger partial charge in [0.15, 0.2) is 0 Å². The highest BCUT2D eigenvalue weighted by atomic mass is 35.5. The maximum Gasteiger partial charge on any atom is 0.0982 e. The number of halogens is 2. The Labute approximate surface area is 118 Å². The molecule has 17 heavy (non-hydrogen) atoms. The van der Waals surface area contributed by atoms with Crippen LogP contribution in [0, 0.1) is 0 Å². The SMILES string of the molecule is CC=CC(Cc1c(Cl)sc(Cl)c1CC)=C(C)C. The predicted molar refractivity (Wildman–Crippen MR) is 80.6 cm³/mol. The molecule has 0 aromatic carbocycles. The molecule has 0 aliphatic heterocycles. The van der Waals surface area contributed by atoms with Crippen LogP contribution in [0.25, 0.3) is 0 Å². The number of hydrogen-bond donors (Lipinski definition) is 0. The molecule has 0 fully saturated rings. The zero-order chi connectivity index (χ0) is 13.0. The van der Waals surface area contributed by atoms with E-state index >= 15 is 0 Å². The molecule has 0 atom stereocenters. The lowest BCUT2D eigenvalue weighted by Crippen LogP contribution is -1.94. The highest BCUT2D eigenvalue weighted by molar-refractivity contribution is 7.20. The van der Waals surface area contributed by atoms with E-state index in [1.165, 1.54) is 33.6 Å². The Morgan fingerprint density at radius 2 is 1.76 bits per heavy atom. The van der Waals surface area contributed by atoms with Gasteiger partial charge in [-0.05, 0) is 43.9 Å². The molecule has 0 amide bonds. The van der Waals surface area contributed by atoms with Crippen molar-refractivity contribution in [2.45, 2.75) is 40.5 Å². The Bertz CT molecular complexity index is 449. The van der Waals surface area contributed by atoms with Crippen LogP contribution >= 0.6 is 34.5 Å². The van der Waals surface area contributed by atoms with Crippen LogP contribution in [0.1, 0.15) is 38.8 Å². The molecule has 0 unspecified atom stereocenters. The number of thiophene rings is 1. The highest BCUT2D eigenvalue weighted by Gasteiger charge is 2.15. The first kappa shape index (κ1) is 14.8. The maximum absolute atomic E-state index is 6.27. The zero-order valence-corrected chi connectivity index (χ0v) is 13.1. The van der Waals surface area contributed by atoms with E-state index in [2.05, 4.69) is 32.9 Å². The van der Waals surface area contributed by atoms with Crippen molar-refractivity contribution < 1.29 is 0 Å². The molecule has 0 radical (unpaired) electrons. The molecule has 1 aromatic rings. The summed E-state index contributed by atoms with van der Waals surface area (Å²) in [5.74, 6) is 0. The van der Waals surface area contributed by atoms with Crippen molar-refractivity contribution in [1.82, 2.24) is 0 Å². The van der Waals surface area contributed by atoms with Gasteiger partial charge in [-0.25, -0.2) is 0 Å². The highest BCUT2D eigenvalue weighted by Crippen LogP contribution is 2.38. The average Bonchev–Trinajstić information content (AvgIpc) is 2.52. The van der Waals surface area contributed by atoms with Crippen LogP contribution in [-0.2, 0) is 12.8 Å². The van der Waals surface area contributed by atoms with Crippen molar-refractivity contribution in [2.75, 3.05) is 0 Å². The van der Waals surface area contributed by atoms with E-state index in [-0.39, 0.29) is 0 Å². The van der Waals surface area contributed by atoms with Crippen molar-refractivity contribution in [3.8, 4) is 0 Å². The molecular formula is C14H18Cl2S. The van der Waals surface area contributed by atoms with Crippen LogP contribution in [0.3, 0.4) is 0 Å².